The molecule has 3 aromatic rings. The molecule has 1 saturated heterocycles. The van der Waals surface area contributed by atoms with Crippen LogP contribution < -0.4 is 10.5 Å². The van der Waals surface area contributed by atoms with E-state index < -0.39 is 0 Å². The Morgan fingerprint density at radius 1 is 0.969 bits per heavy atom. The third kappa shape index (κ3) is 4.28. The molecule has 4 rings (SSSR count). The van der Waals surface area contributed by atoms with E-state index in [1.807, 2.05) is 45.0 Å². The number of rotatable bonds is 5. The Balaban J connectivity index is 1.70. The maximum absolute atomic E-state index is 13.4. The van der Waals surface area contributed by atoms with Crippen molar-refractivity contribution in [1.29, 1.82) is 0 Å². The minimum absolute atomic E-state index is 0.0451. The van der Waals surface area contributed by atoms with Gasteiger partial charge in [0.25, 0.3) is 5.56 Å². The van der Waals surface area contributed by atoms with Gasteiger partial charge in [0.05, 0.1) is 11.6 Å². The average molecular weight is 436 g/mol. The summed E-state index contributed by atoms with van der Waals surface area (Å²) in [5.74, 6) is -0.197. The number of anilines is 1. The van der Waals surface area contributed by atoms with Crippen LogP contribution in [0.4, 0.5) is 10.1 Å². The largest absolute Gasteiger partial charge is 0.507 e. The number of benzene rings is 2. The van der Waals surface area contributed by atoms with Crippen molar-refractivity contribution in [1.82, 2.24) is 9.47 Å². The van der Waals surface area contributed by atoms with Crippen LogP contribution in [0.3, 0.4) is 0 Å². The second-order valence-corrected chi connectivity index (χ2v) is 8.45. The van der Waals surface area contributed by atoms with Crippen LogP contribution in [0, 0.1) is 19.7 Å². The molecule has 1 atom stereocenters. The van der Waals surface area contributed by atoms with Gasteiger partial charge in [0, 0.05) is 44.1 Å². The van der Waals surface area contributed by atoms with Crippen LogP contribution in [0.15, 0.2) is 59.4 Å². The van der Waals surface area contributed by atoms with Gasteiger partial charge in [-0.1, -0.05) is 29.8 Å². The predicted molar refractivity (Wildman–Crippen MR) is 126 cm³/mol. The number of aromatic hydroxyl groups is 1. The first kappa shape index (κ1) is 22.1. The molecular formula is C26H30FN3O2. The molecule has 1 aliphatic heterocycles. The van der Waals surface area contributed by atoms with Crippen LogP contribution in [-0.4, -0.2) is 40.8 Å². The second kappa shape index (κ2) is 9.17. The molecule has 0 spiro atoms. The van der Waals surface area contributed by atoms with Crippen LogP contribution in [0.25, 0.3) is 0 Å². The van der Waals surface area contributed by atoms with Crippen LogP contribution >= 0.6 is 0 Å². The molecule has 0 saturated carbocycles. The van der Waals surface area contributed by atoms with Gasteiger partial charge in [-0.3, -0.25) is 9.69 Å². The summed E-state index contributed by atoms with van der Waals surface area (Å²) in [4.78, 5) is 17.9. The summed E-state index contributed by atoms with van der Waals surface area (Å²) >= 11 is 0. The maximum atomic E-state index is 13.4. The van der Waals surface area contributed by atoms with Crippen molar-refractivity contribution in [2.24, 2.45) is 0 Å². The van der Waals surface area contributed by atoms with E-state index in [4.69, 9.17) is 0 Å². The number of halogens is 1. The third-order valence-electron chi connectivity index (χ3n) is 6.38. The minimum Gasteiger partial charge on any atom is -0.507 e. The van der Waals surface area contributed by atoms with Crippen molar-refractivity contribution in [3.8, 4) is 5.75 Å². The van der Waals surface area contributed by atoms with Crippen molar-refractivity contribution < 1.29 is 9.50 Å². The molecule has 0 aliphatic carbocycles. The summed E-state index contributed by atoms with van der Waals surface area (Å²) in [6.45, 7) is 9.31. The number of aryl methyl sites for hydroxylation is 2. The Labute approximate surface area is 188 Å². The molecule has 1 aromatic heterocycles. The first-order valence-corrected chi connectivity index (χ1v) is 11.1. The highest BCUT2D eigenvalue weighted by Gasteiger charge is 2.31. The van der Waals surface area contributed by atoms with Gasteiger partial charge in [-0.15, -0.1) is 0 Å². The fraction of sp³-hybridized carbons (Fsp3) is 0.346. The summed E-state index contributed by atoms with van der Waals surface area (Å²) in [7, 11) is 0. The number of piperazine rings is 1. The Kier molecular flexibility index (Phi) is 6.33. The molecule has 0 bridgehead atoms. The molecular weight excluding hydrogens is 405 g/mol. The molecule has 2 heterocycles. The molecule has 32 heavy (non-hydrogen) atoms. The lowest BCUT2D eigenvalue weighted by atomic mass is 9.95. The number of aromatic nitrogens is 1. The summed E-state index contributed by atoms with van der Waals surface area (Å²) in [5.41, 5.74) is 4.16. The Hall–Kier alpha value is -3.12. The van der Waals surface area contributed by atoms with Crippen LogP contribution in [0.1, 0.15) is 35.3 Å². The van der Waals surface area contributed by atoms with E-state index in [1.54, 1.807) is 22.8 Å². The van der Waals surface area contributed by atoms with Gasteiger partial charge >= 0.3 is 0 Å². The van der Waals surface area contributed by atoms with Gasteiger partial charge in [-0.05, 0) is 56.7 Å². The van der Waals surface area contributed by atoms with Crippen LogP contribution in [-0.2, 0) is 6.54 Å². The molecule has 168 valence electrons. The highest BCUT2D eigenvalue weighted by atomic mass is 19.1. The lowest BCUT2D eigenvalue weighted by Gasteiger charge is -2.40. The molecule has 0 unspecified atom stereocenters. The second-order valence-electron chi connectivity index (χ2n) is 8.45. The molecule has 0 radical (unpaired) electrons. The molecule has 6 heteroatoms. The van der Waals surface area contributed by atoms with Gasteiger partial charge in [-0.25, -0.2) is 4.39 Å². The zero-order chi connectivity index (χ0) is 22.8. The van der Waals surface area contributed by atoms with Crippen molar-refractivity contribution in [2.75, 3.05) is 31.1 Å². The van der Waals surface area contributed by atoms with E-state index in [-0.39, 0.29) is 23.2 Å². The Bertz CT molecular complexity index is 1130. The molecule has 0 amide bonds. The summed E-state index contributed by atoms with van der Waals surface area (Å²) in [5, 5.41) is 10.9. The van der Waals surface area contributed by atoms with Gasteiger partial charge in [-0.2, -0.15) is 0 Å². The van der Waals surface area contributed by atoms with Crippen molar-refractivity contribution in [3.63, 3.8) is 0 Å². The standard InChI is InChI=1S/C26H30FN3O2/c1-4-30-19(3)17-23(31)24(26(30)32)25(20-7-5-18(2)6-8-20)29-15-13-28(14-16-29)22-11-9-21(27)10-12-22/h5-12,17,25,31H,4,13-16H2,1-3H3/t25-/m1/s1. The van der Waals surface area contributed by atoms with Crippen LogP contribution in [0.2, 0.25) is 0 Å². The zero-order valence-electron chi connectivity index (χ0n) is 18.9. The predicted octanol–water partition coefficient (Wildman–Crippen LogP) is 4.24. The highest BCUT2D eigenvalue weighted by molar-refractivity contribution is 5.47. The lowest BCUT2D eigenvalue weighted by Crippen LogP contribution is -2.49. The number of pyridine rings is 1. The quantitative estimate of drug-likeness (QED) is 0.651. The number of nitrogens with zero attached hydrogens (tertiary/aromatic N) is 3. The first-order valence-electron chi connectivity index (χ1n) is 11.1. The molecule has 1 fully saturated rings. The summed E-state index contributed by atoms with van der Waals surface area (Å²) < 4.78 is 15.0. The fourth-order valence-corrected chi connectivity index (χ4v) is 4.62. The maximum Gasteiger partial charge on any atom is 0.259 e. The van der Waals surface area contributed by atoms with Gasteiger partial charge in [0.1, 0.15) is 11.6 Å². The Morgan fingerprint density at radius 2 is 1.59 bits per heavy atom. The topological polar surface area (TPSA) is 48.7 Å². The SMILES string of the molecule is CCn1c(C)cc(O)c([C@@H](c2ccc(C)cc2)N2CCN(c3ccc(F)cc3)CC2)c1=O. The van der Waals surface area contributed by atoms with Gasteiger partial charge in [0.2, 0.25) is 0 Å². The molecule has 5 nitrogen and oxygen atoms in total. The van der Waals surface area contributed by atoms with Crippen molar-refractivity contribution >= 4 is 5.69 Å². The number of hydrogen-bond acceptors (Lipinski definition) is 4. The van der Waals surface area contributed by atoms with Crippen molar-refractivity contribution in [3.05, 3.63) is 93.2 Å². The van der Waals surface area contributed by atoms with E-state index in [0.29, 0.717) is 12.1 Å². The summed E-state index contributed by atoms with van der Waals surface area (Å²) in [6.07, 6.45) is 0. The van der Waals surface area contributed by atoms with E-state index >= 15 is 0 Å². The normalized spacial score (nSPS) is 15.7. The van der Waals surface area contributed by atoms with E-state index in [2.05, 4.69) is 9.80 Å². The zero-order valence-corrected chi connectivity index (χ0v) is 18.9. The smallest absolute Gasteiger partial charge is 0.259 e. The number of hydrogen-bond donors (Lipinski definition) is 1. The lowest BCUT2D eigenvalue weighted by molar-refractivity contribution is 0.207. The van der Waals surface area contributed by atoms with Gasteiger partial charge < -0.3 is 14.6 Å². The van der Waals surface area contributed by atoms with Crippen LogP contribution in [0.5, 0.6) is 5.75 Å². The van der Waals surface area contributed by atoms with E-state index in [1.165, 1.54) is 12.1 Å². The minimum atomic E-state index is -0.336. The van der Waals surface area contributed by atoms with Crippen molar-refractivity contribution in [2.45, 2.75) is 33.4 Å². The average Bonchev–Trinajstić information content (AvgIpc) is 2.78. The van der Waals surface area contributed by atoms with E-state index in [9.17, 15) is 14.3 Å². The molecule has 2 aromatic carbocycles. The summed E-state index contributed by atoms with van der Waals surface area (Å²) in [6, 6.07) is 16.1. The Morgan fingerprint density at radius 3 is 2.19 bits per heavy atom. The highest BCUT2D eigenvalue weighted by Crippen LogP contribution is 2.34. The molecule has 1 aliphatic rings. The fourth-order valence-electron chi connectivity index (χ4n) is 4.62. The van der Waals surface area contributed by atoms with E-state index in [0.717, 1.165) is 48.7 Å². The third-order valence-corrected chi connectivity index (χ3v) is 6.38. The monoisotopic (exact) mass is 435 g/mol. The first-order chi connectivity index (χ1) is 15.4. The molecule has 1 N–H and O–H groups in total. The van der Waals surface area contributed by atoms with Gasteiger partial charge in [0.15, 0.2) is 0 Å².